The number of aryl methyl sites for hydroxylation is 1. The van der Waals surface area contributed by atoms with Gasteiger partial charge in [0.15, 0.2) is 11.5 Å². The number of halogens is 1. The minimum Gasteiger partial charge on any atom is -0.493 e. The Balaban J connectivity index is 2.33. The minimum absolute atomic E-state index is 0.651. The highest BCUT2D eigenvalue weighted by molar-refractivity contribution is 9.10. The van der Waals surface area contributed by atoms with Crippen molar-refractivity contribution in [2.75, 3.05) is 20.7 Å². The molecule has 0 saturated carbocycles. The van der Waals surface area contributed by atoms with Crippen molar-refractivity contribution in [2.24, 2.45) is 4.99 Å². The number of methoxy groups -OCH3 is 1. The van der Waals surface area contributed by atoms with E-state index in [1.807, 2.05) is 61.6 Å². The summed E-state index contributed by atoms with van der Waals surface area (Å²) in [4.78, 5) is 6.52. The van der Waals surface area contributed by atoms with Crippen molar-refractivity contribution >= 4 is 28.0 Å². The van der Waals surface area contributed by atoms with Crippen LogP contribution in [-0.2, 0) is 0 Å². The van der Waals surface area contributed by atoms with Crippen LogP contribution in [0, 0.1) is 6.92 Å². The number of hydrogen-bond donors (Lipinski definition) is 0. The van der Waals surface area contributed by atoms with Crippen molar-refractivity contribution in [2.45, 2.75) is 13.8 Å². The number of aliphatic imine (C=N–C) groups is 1. The first kappa shape index (κ1) is 17.3. The lowest BCUT2D eigenvalue weighted by molar-refractivity contribution is 0.378. The molecule has 0 aromatic heterocycles. The molecule has 0 amide bonds. The molecule has 0 aliphatic rings. The van der Waals surface area contributed by atoms with E-state index in [4.69, 9.17) is 9.47 Å². The van der Waals surface area contributed by atoms with Crippen LogP contribution in [0.4, 0.5) is 5.69 Å². The van der Waals surface area contributed by atoms with Gasteiger partial charge in [-0.2, -0.15) is 0 Å². The molecule has 0 aliphatic heterocycles. The van der Waals surface area contributed by atoms with Crippen LogP contribution in [-0.4, -0.2) is 31.9 Å². The molecule has 0 fully saturated rings. The van der Waals surface area contributed by atoms with Crippen LogP contribution in [0.3, 0.4) is 0 Å². The molecule has 0 spiro atoms. The summed E-state index contributed by atoms with van der Waals surface area (Å²) >= 11 is 3.49. The average molecular weight is 377 g/mol. The molecule has 23 heavy (non-hydrogen) atoms. The fourth-order valence-electron chi connectivity index (χ4n) is 1.92. The first-order valence-corrected chi connectivity index (χ1v) is 8.20. The second-order valence-corrected chi connectivity index (χ2v) is 5.99. The Kier molecular flexibility index (Phi) is 6.04. The largest absolute Gasteiger partial charge is 0.493 e. The summed E-state index contributed by atoms with van der Waals surface area (Å²) < 4.78 is 12.3. The maximum Gasteiger partial charge on any atom is 0.169 e. The molecule has 0 N–H and O–H groups in total. The van der Waals surface area contributed by atoms with Crippen LogP contribution in [0.5, 0.6) is 17.2 Å². The lowest BCUT2D eigenvalue weighted by Crippen LogP contribution is -2.14. The van der Waals surface area contributed by atoms with Crippen molar-refractivity contribution in [1.82, 2.24) is 4.90 Å². The summed E-state index contributed by atoms with van der Waals surface area (Å²) in [5.41, 5.74) is 1.88. The van der Waals surface area contributed by atoms with Gasteiger partial charge in [-0.1, -0.05) is 12.1 Å². The number of hydrogen-bond acceptors (Lipinski definition) is 3. The van der Waals surface area contributed by atoms with Gasteiger partial charge in [0.1, 0.15) is 5.75 Å². The Morgan fingerprint density at radius 2 is 1.91 bits per heavy atom. The molecule has 0 radical (unpaired) electrons. The van der Waals surface area contributed by atoms with Crippen molar-refractivity contribution in [1.29, 1.82) is 0 Å². The van der Waals surface area contributed by atoms with E-state index < -0.39 is 0 Å². The van der Waals surface area contributed by atoms with Crippen molar-refractivity contribution < 1.29 is 9.47 Å². The molecule has 2 aromatic carbocycles. The summed E-state index contributed by atoms with van der Waals surface area (Å²) in [5, 5.41) is 0. The summed E-state index contributed by atoms with van der Waals surface area (Å²) in [6, 6.07) is 11.5. The highest BCUT2D eigenvalue weighted by atomic mass is 79.9. The van der Waals surface area contributed by atoms with E-state index in [9.17, 15) is 0 Å². The topological polar surface area (TPSA) is 34.1 Å². The number of nitrogens with zero attached hydrogens (tertiary/aromatic N) is 2. The molecule has 0 aliphatic carbocycles. The van der Waals surface area contributed by atoms with Crippen LogP contribution < -0.4 is 9.47 Å². The second kappa shape index (κ2) is 8.02. The Morgan fingerprint density at radius 3 is 2.57 bits per heavy atom. The van der Waals surface area contributed by atoms with E-state index in [1.165, 1.54) is 0 Å². The molecule has 2 aromatic rings. The zero-order valence-electron chi connectivity index (χ0n) is 13.8. The third-order valence-electron chi connectivity index (χ3n) is 3.43. The monoisotopic (exact) mass is 376 g/mol. The van der Waals surface area contributed by atoms with Crippen molar-refractivity contribution in [3.63, 3.8) is 0 Å². The standard InChI is InChI=1S/C18H21BrN2O2/c1-5-21(3)12-20-15-11-17(22-4)18(10-13(15)2)23-16-9-7-6-8-14(16)19/h6-12H,5H2,1-4H3/b20-12-. The lowest BCUT2D eigenvalue weighted by Gasteiger charge is -2.14. The Hall–Kier alpha value is -2.01. The van der Waals surface area contributed by atoms with E-state index in [-0.39, 0.29) is 0 Å². The Morgan fingerprint density at radius 1 is 1.17 bits per heavy atom. The van der Waals surface area contributed by atoms with Gasteiger partial charge < -0.3 is 14.4 Å². The van der Waals surface area contributed by atoms with Crippen LogP contribution in [0.1, 0.15) is 12.5 Å². The van der Waals surface area contributed by atoms with Gasteiger partial charge in [0.2, 0.25) is 0 Å². The predicted molar refractivity (Wildman–Crippen MR) is 98.4 cm³/mol. The van der Waals surface area contributed by atoms with Gasteiger partial charge in [0.05, 0.1) is 23.6 Å². The summed E-state index contributed by atoms with van der Waals surface area (Å²) in [7, 11) is 3.61. The average Bonchev–Trinajstić information content (AvgIpc) is 2.55. The quantitative estimate of drug-likeness (QED) is 0.515. The molecule has 5 heteroatoms. The fourth-order valence-corrected chi connectivity index (χ4v) is 2.28. The molecule has 0 bridgehead atoms. The molecule has 2 rings (SSSR count). The number of benzene rings is 2. The summed E-state index contributed by atoms with van der Waals surface area (Å²) in [6.45, 7) is 4.99. The van der Waals surface area contributed by atoms with Crippen LogP contribution >= 0.6 is 15.9 Å². The predicted octanol–water partition coefficient (Wildman–Crippen LogP) is 5.17. The molecule has 122 valence electrons. The van der Waals surface area contributed by atoms with Gasteiger partial charge >= 0.3 is 0 Å². The zero-order chi connectivity index (χ0) is 16.8. The number of ether oxygens (including phenoxy) is 2. The molecule has 0 atom stereocenters. The van der Waals surface area contributed by atoms with Gasteiger partial charge in [-0.3, -0.25) is 0 Å². The van der Waals surface area contributed by atoms with Gasteiger partial charge in [0, 0.05) is 19.7 Å². The first-order valence-electron chi connectivity index (χ1n) is 7.40. The zero-order valence-corrected chi connectivity index (χ0v) is 15.4. The molecular formula is C18H21BrN2O2. The highest BCUT2D eigenvalue weighted by Gasteiger charge is 2.11. The maximum absolute atomic E-state index is 5.98. The van der Waals surface area contributed by atoms with Gasteiger partial charge in [-0.05, 0) is 53.5 Å². The normalized spacial score (nSPS) is 10.8. The molecule has 4 nitrogen and oxygen atoms in total. The number of para-hydroxylation sites is 1. The van der Waals surface area contributed by atoms with E-state index >= 15 is 0 Å². The fraction of sp³-hybridized carbons (Fsp3) is 0.278. The smallest absolute Gasteiger partial charge is 0.169 e. The number of rotatable bonds is 6. The van der Waals surface area contributed by atoms with Crippen molar-refractivity contribution in [3.8, 4) is 17.2 Å². The van der Waals surface area contributed by atoms with Crippen LogP contribution in [0.15, 0.2) is 45.9 Å². The Labute approximate surface area is 145 Å². The molecule has 0 heterocycles. The molecular weight excluding hydrogens is 356 g/mol. The van der Waals surface area contributed by atoms with E-state index in [0.717, 1.165) is 28.0 Å². The van der Waals surface area contributed by atoms with E-state index in [1.54, 1.807) is 7.11 Å². The third-order valence-corrected chi connectivity index (χ3v) is 4.09. The first-order chi connectivity index (χ1) is 11.0. The van der Waals surface area contributed by atoms with Crippen LogP contribution in [0.2, 0.25) is 0 Å². The highest BCUT2D eigenvalue weighted by Crippen LogP contribution is 2.39. The minimum atomic E-state index is 0.651. The van der Waals surface area contributed by atoms with Crippen LogP contribution in [0.25, 0.3) is 0 Å². The van der Waals surface area contributed by atoms with Crippen molar-refractivity contribution in [3.05, 3.63) is 46.4 Å². The lowest BCUT2D eigenvalue weighted by atomic mass is 10.2. The van der Waals surface area contributed by atoms with E-state index in [2.05, 4.69) is 27.8 Å². The SMILES string of the molecule is CCN(C)/C=N\c1cc(OC)c(Oc2ccccc2Br)cc1C. The third kappa shape index (κ3) is 4.48. The van der Waals surface area contributed by atoms with Gasteiger partial charge in [-0.25, -0.2) is 4.99 Å². The maximum atomic E-state index is 5.98. The summed E-state index contributed by atoms with van der Waals surface area (Å²) in [5.74, 6) is 2.06. The molecule has 0 saturated heterocycles. The summed E-state index contributed by atoms with van der Waals surface area (Å²) in [6.07, 6.45) is 1.82. The van der Waals surface area contributed by atoms with Gasteiger partial charge in [-0.15, -0.1) is 0 Å². The van der Waals surface area contributed by atoms with E-state index in [0.29, 0.717) is 11.5 Å². The Bertz CT molecular complexity index is 701. The molecule has 0 unspecified atom stereocenters. The second-order valence-electron chi connectivity index (χ2n) is 5.14. The van der Waals surface area contributed by atoms with Gasteiger partial charge in [0.25, 0.3) is 0 Å².